The Hall–Kier alpha value is -4.76. The molecule has 6 heterocycles. The highest BCUT2D eigenvalue weighted by Gasteiger charge is 2.62. The van der Waals surface area contributed by atoms with E-state index in [1.165, 1.54) is 0 Å². The van der Waals surface area contributed by atoms with Crippen molar-refractivity contribution in [3.05, 3.63) is 0 Å². The van der Waals surface area contributed by atoms with E-state index >= 15 is 0 Å². The molecule has 632 valence electrons. The number of amides is 3. The second-order valence-corrected chi connectivity index (χ2v) is 30.3. The molecular weight excluding hydrogens is 1640 g/mol. The molecule has 21 N–H and O–H groups in total. The van der Waals surface area contributed by atoms with E-state index in [4.69, 9.17) is 67.1 Å². The second kappa shape index (κ2) is 38.1. The van der Waals surface area contributed by atoms with Crippen LogP contribution in [-0.2, 0) is 173 Å². The minimum atomic E-state index is -6.17. The Kier molecular flexibility index (Phi) is 32.6. The Balaban J connectivity index is 1.37. The van der Waals surface area contributed by atoms with Crippen LogP contribution >= 0.6 is 0 Å². The van der Waals surface area contributed by atoms with E-state index in [9.17, 15) is 153 Å². The first-order valence-electron chi connectivity index (χ1n) is 30.7. The van der Waals surface area contributed by atoms with Crippen LogP contribution in [0, 0.1) is 0 Å². The highest BCUT2D eigenvalue weighted by atomic mass is 32.3. The summed E-state index contributed by atoms with van der Waals surface area (Å²) in [5, 5.41) is 119. The van der Waals surface area contributed by atoms with Crippen molar-refractivity contribution in [2.45, 2.75) is 224 Å². The molecule has 6 saturated heterocycles. The van der Waals surface area contributed by atoms with Crippen LogP contribution in [0.1, 0.15) is 40.0 Å². The number of aliphatic hydroxyl groups is 7. The maximum absolute atomic E-state index is 13.3. The zero-order chi connectivity index (χ0) is 82.3. The van der Waals surface area contributed by atoms with Gasteiger partial charge in [-0.2, -0.15) is 50.5 Å². The minimum absolute atomic E-state index is 0.135. The standard InChI is InChI=1S/C47H76N4O52S6/c1-12(52)49-18-22(56)21(55)15(9-87-104(68,69)70)90-42(18)95-31-26(60)34(102-108(80,81)82)46(99-37(31)40(64)65)93-29-17(11-89-106(74,75)76)92-44(20(24(29)58)51-14(3)54)97-32-27(61)35(103-109(83,84)85)47(100-38(32)41(66)67)94-28-16(10-88-105(71,72)73)91-43(19(23(28)57)50-13(2)53)96-30-25(59)33(101-107(77,78)79)45(98-36(30)39(62)63)86-8-6-4-5-7-48/h15-38,42-47,55-61H,4-11,48H2,1-3H3,(H,49,52)(H,50,53)(H,51,54)(H,62,63)(H,64,65)(H,66,67)(H,68,69,70)(H,71,72,73)(H,74,75,76)(H,77,78,79)(H,80,81,82)(H,83,84,85)/t15-,16-,17-,18-,19-,20-,21-,22-,23-,24-,25+,26+,27+,28-,29-,30+,31+,32+,33-,34-,35-,36-,37-,38-,42-,43-,44-,45-,46-,47-/m1/s1. The van der Waals surface area contributed by atoms with E-state index in [1.54, 1.807) is 0 Å². The maximum atomic E-state index is 13.3. The van der Waals surface area contributed by atoms with Crippen molar-refractivity contribution in [3.63, 3.8) is 0 Å². The molecule has 6 fully saturated rings. The molecule has 6 rings (SSSR count). The highest BCUT2D eigenvalue weighted by molar-refractivity contribution is 7.82. The van der Waals surface area contributed by atoms with Crippen molar-refractivity contribution in [2.75, 3.05) is 33.0 Å². The summed E-state index contributed by atoms with van der Waals surface area (Å²) < 4.78 is 297. The SMILES string of the molecule is CC(=O)N[C@H]1[C@@H](O[C@H]2[C@H](O)[C@@H](OS(=O)(=O)O)[C@H](OCCCCCN)O[C@H]2C(=O)O)O[C@H](COS(=O)(=O)O)[C@@H](O[C@@H]2O[C@@H](C(=O)O)[C@@H](O[C@H]3O[C@H](COS(=O)(=O)O)[C@@H](O[C@@H]4O[C@@H](C(=O)O)[C@@H](O[C@H]5O[C@H](COS(=O)(=O)O)[C@@H](O)[C@H](O)[C@H]5NC(C)=O)[C@H](O)[C@H]4OS(=O)(=O)O)[C@H](O)[C@H]3NC(C)=O)[C@H](O)[C@H]2OS(=O)(=O)O)[C@@H]1O. The Bertz CT molecular complexity index is 3870. The molecule has 0 bridgehead atoms. The van der Waals surface area contributed by atoms with Crippen molar-refractivity contribution in [3.8, 4) is 0 Å². The fraction of sp³-hybridized carbons (Fsp3) is 0.872. The average Bonchev–Trinajstić information content (AvgIpc) is 0.762. The Labute approximate surface area is 613 Å². The van der Waals surface area contributed by atoms with E-state index < -0.39 is 302 Å². The van der Waals surface area contributed by atoms with Gasteiger partial charge in [0.2, 0.25) is 17.7 Å². The minimum Gasteiger partial charge on any atom is -0.479 e. The van der Waals surface area contributed by atoms with Crippen molar-refractivity contribution in [1.29, 1.82) is 0 Å². The average molecular weight is 1720 g/mol. The number of carboxylic acids is 3. The van der Waals surface area contributed by atoms with Gasteiger partial charge in [0.05, 0.1) is 19.8 Å². The summed E-state index contributed by atoms with van der Waals surface area (Å²) in [6.45, 7) is -3.00. The van der Waals surface area contributed by atoms with Crippen molar-refractivity contribution in [2.24, 2.45) is 5.73 Å². The summed E-state index contributed by atoms with van der Waals surface area (Å²) in [6.07, 6.45) is -73.0. The zero-order valence-corrected chi connectivity index (χ0v) is 60.3. The number of carbonyl (C=O) groups is 6. The molecule has 6 aliphatic rings. The molecule has 0 aliphatic carbocycles. The van der Waals surface area contributed by atoms with Gasteiger partial charge in [0.15, 0.2) is 74.4 Å². The second-order valence-electron chi connectivity index (χ2n) is 23.9. The summed E-state index contributed by atoms with van der Waals surface area (Å²) in [5.74, 6) is -10.5. The van der Waals surface area contributed by atoms with E-state index in [-0.39, 0.29) is 19.6 Å². The van der Waals surface area contributed by atoms with Gasteiger partial charge in [-0.25, -0.2) is 39.5 Å². The summed E-state index contributed by atoms with van der Waals surface area (Å²) in [7, 11) is -34.8. The lowest BCUT2D eigenvalue weighted by Crippen LogP contribution is -2.71. The van der Waals surface area contributed by atoms with Gasteiger partial charge in [0, 0.05) is 27.4 Å². The molecule has 0 aromatic carbocycles. The van der Waals surface area contributed by atoms with Crippen LogP contribution in [0.3, 0.4) is 0 Å². The van der Waals surface area contributed by atoms with Gasteiger partial charge >= 0.3 is 80.3 Å². The molecule has 0 saturated carbocycles. The predicted molar refractivity (Wildman–Crippen MR) is 325 cm³/mol. The zero-order valence-electron chi connectivity index (χ0n) is 55.4. The largest absolute Gasteiger partial charge is 0.479 e. The first-order valence-corrected chi connectivity index (χ1v) is 38.9. The van der Waals surface area contributed by atoms with Crippen LogP contribution in [0.15, 0.2) is 0 Å². The number of nitrogens with two attached hydrogens (primary N) is 1. The molecule has 3 amide bonds. The quantitative estimate of drug-likeness (QED) is 0.0203. The number of hydrogen-bond donors (Lipinski definition) is 20. The molecule has 0 unspecified atom stereocenters. The van der Waals surface area contributed by atoms with Crippen LogP contribution < -0.4 is 21.7 Å². The van der Waals surface area contributed by atoms with E-state index in [0.717, 1.165) is 6.92 Å². The van der Waals surface area contributed by atoms with Crippen LogP contribution in [0.25, 0.3) is 0 Å². The molecule has 0 aromatic heterocycles. The topological polar surface area (TPSA) is 859 Å². The number of carbonyl (C=O) groups excluding carboxylic acids is 3. The van der Waals surface area contributed by atoms with Crippen molar-refractivity contribution >= 4 is 98.0 Å². The molecule has 62 heteroatoms. The third kappa shape index (κ3) is 26.7. The van der Waals surface area contributed by atoms with Crippen LogP contribution in [0.4, 0.5) is 0 Å². The number of aliphatic hydroxyl groups excluding tert-OH is 7. The lowest BCUT2D eigenvalue weighted by molar-refractivity contribution is -0.376. The van der Waals surface area contributed by atoms with E-state index in [1.807, 2.05) is 16.0 Å². The number of nitrogens with one attached hydrogen (secondary N) is 3. The predicted octanol–water partition coefficient (Wildman–Crippen LogP) is -13.3. The number of aliphatic carboxylic acids is 3. The van der Waals surface area contributed by atoms with Crippen LogP contribution in [-0.4, -0.2) is 382 Å². The highest BCUT2D eigenvalue weighted by Crippen LogP contribution is 2.40. The first-order chi connectivity index (χ1) is 50.1. The Morgan fingerprint density at radius 2 is 0.624 bits per heavy atom. The fourth-order valence-electron chi connectivity index (χ4n) is 11.5. The van der Waals surface area contributed by atoms with Crippen LogP contribution in [0.5, 0.6) is 0 Å². The normalized spacial score (nSPS) is 38.0. The van der Waals surface area contributed by atoms with Gasteiger partial charge in [-0.3, -0.25) is 41.7 Å². The first kappa shape index (κ1) is 93.1. The third-order valence-corrected chi connectivity index (χ3v) is 18.6. The summed E-state index contributed by atoms with van der Waals surface area (Å²) in [6, 6.07) is -7.08. The third-order valence-electron chi connectivity index (χ3n) is 15.9. The molecule has 6 aliphatic heterocycles. The number of ether oxygens (including phenoxy) is 12. The Morgan fingerprint density at radius 1 is 0.339 bits per heavy atom. The molecule has 30 atom stereocenters. The smallest absolute Gasteiger partial charge is 0.397 e. The van der Waals surface area contributed by atoms with Gasteiger partial charge < -0.3 is 130 Å². The summed E-state index contributed by atoms with van der Waals surface area (Å²) >= 11 is 0. The number of hydrogen-bond acceptors (Lipinski definition) is 44. The monoisotopic (exact) mass is 1720 g/mol. The van der Waals surface area contributed by atoms with Gasteiger partial charge in [-0.05, 0) is 25.8 Å². The lowest BCUT2D eigenvalue weighted by atomic mass is 9.93. The molecule has 0 spiro atoms. The van der Waals surface area contributed by atoms with Gasteiger partial charge in [-0.1, -0.05) is 0 Å². The maximum Gasteiger partial charge on any atom is 0.397 e. The molecular formula is C47H76N4O52S6. The lowest BCUT2D eigenvalue weighted by Gasteiger charge is -2.50. The van der Waals surface area contributed by atoms with E-state index in [2.05, 4.69) is 25.1 Å². The van der Waals surface area contributed by atoms with Gasteiger partial charge in [-0.15, -0.1) is 0 Å². The summed E-state index contributed by atoms with van der Waals surface area (Å²) in [5.41, 5.74) is 5.47. The number of unbranched alkanes of at least 4 members (excludes halogenated alkanes) is 2. The van der Waals surface area contributed by atoms with Gasteiger partial charge in [0.1, 0.15) is 110 Å². The molecule has 0 radical (unpaired) electrons. The number of carboxylic acid groups (broad SMARTS) is 3. The Morgan fingerprint density at radius 3 is 0.917 bits per heavy atom. The molecule has 109 heavy (non-hydrogen) atoms. The van der Waals surface area contributed by atoms with Crippen molar-refractivity contribution < 1.29 is 240 Å². The van der Waals surface area contributed by atoms with Crippen molar-refractivity contribution in [1.82, 2.24) is 16.0 Å². The van der Waals surface area contributed by atoms with E-state index in [0.29, 0.717) is 26.7 Å². The van der Waals surface area contributed by atoms with Crippen LogP contribution in [0.2, 0.25) is 0 Å². The number of rotatable bonds is 37. The fourth-order valence-corrected chi connectivity index (χ4v) is 13.9. The molecule has 0 aromatic rings. The molecule has 56 nitrogen and oxygen atoms in total. The van der Waals surface area contributed by atoms with Gasteiger partial charge in [0.25, 0.3) is 0 Å². The summed E-state index contributed by atoms with van der Waals surface area (Å²) in [4.78, 5) is 77.2.